The Balaban J connectivity index is 2.62. The highest BCUT2D eigenvalue weighted by atomic mass is 32.1. The average molecular weight is 238 g/mol. The predicted octanol–water partition coefficient (Wildman–Crippen LogP) is 1.10. The maximum absolute atomic E-state index is 11.7. The molecule has 86 valence electrons. The second kappa shape index (κ2) is 6.07. The number of nitrogens with two attached hydrogens (primary N) is 1. The fourth-order valence-electron chi connectivity index (χ4n) is 1.23. The van der Waals surface area contributed by atoms with E-state index in [1.54, 1.807) is 18.2 Å². The summed E-state index contributed by atoms with van der Waals surface area (Å²) >= 11 is 4.71. The van der Waals surface area contributed by atoms with Gasteiger partial charge in [0.15, 0.2) is 0 Å². The first kappa shape index (κ1) is 12.4. The summed E-state index contributed by atoms with van der Waals surface area (Å²) in [4.78, 5) is 12.1. The molecule has 0 aliphatic heterocycles. The van der Waals surface area contributed by atoms with Gasteiger partial charge < -0.3 is 15.8 Å². The van der Waals surface area contributed by atoms with Crippen LogP contribution in [0.25, 0.3) is 0 Å². The van der Waals surface area contributed by atoms with Gasteiger partial charge in [0.25, 0.3) is 5.91 Å². The van der Waals surface area contributed by atoms with Gasteiger partial charge in [0.05, 0.1) is 17.7 Å². The molecule has 4 nitrogen and oxygen atoms in total. The number of carbonyl (C=O) groups excluding carboxylic acids is 1. The molecule has 0 atom stereocenters. The third-order valence-corrected chi connectivity index (χ3v) is 2.21. The zero-order valence-corrected chi connectivity index (χ0v) is 9.84. The van der Waals surface area contributed by atoms with Crippen LogP contribution in [0.5, 0.6) is 5.75 Å². The average Bonchev–Trinajstić information content (AvgIpc) is 2.28. The molecule has 5 heteroatoms. The van der Waals surface area contributed by atoms with Crippen LogP contribution in [-0.2, 0) is 0 Å². The molecule has 0 saturated heterocycles. The van der Waals surface area contributed by atoms with Crippen LogP contribution in [-0.4, -0.2) is 24.6 Å². The number of carbonyl (C=O) groups is 1. The first-order valence-corrected chi connectivity index (χ1v) is 5.25. The number of rotatable bonds is 5. The molecule has 0 unspecified atom stereocenters. The van der Waals surface area contributed by atoms with Crippen LogP contribution in [0.3, 0.4) is 0 Å². The van der Waals surface area contributed by atoms with Gasteiger partial charge in [0.2, 0.25) is 0 Å². The highest BCUT2D eigenvalue weighted by Gasteiger charge is 2.10. The van der Waals surface area contributed by atoms with Crippen molar-refractivity contribution in [1.29, 1.82) is 0 Å². The SMILES string of the molecule is COc1ccccc1C(=O)NCCC(N)=S. The fraction of sp³-hybridized carbons (Fsp3) is 0.273. The topological polar surface area (TPSA) is 64.3 Å². The van der Waals surface area contributed by atoms with Gasteiger partial charge in [0, 0.05) is 13.0 Å². The lowest BCUT2D eigenvalue weighted by Gasteiger charge is -2.08. The Kier molecular flexibility index (Phi) is 4.72. The molecule has 0 aromatic heterocycles. The number of para-hydroxylation sites is 1. The molecule has 1 amide bonds. The summed E-state index contributed by atoms with van der Waals surface area (Å²) in [7, 11) is 1.53. The van der Waals surface area contributed by atoms with Crippen LogP contribution in [0.2, 0.25) is 0 Å². The van der Waals surface area contributed by atoms with Crippen LogP contribution >= 0.6 is 12.2 Å². The molecule has 0 fully saturated rings. The maximum Gasteiger partial charge on any atom is 0.255 e. The molecule has 3 N–H and O–H groups in total. The van der Waals surface area contributed by atoms with Crippen LogP contribution in [0.15, 0.2) is 24.3 Å². The number of hydrogen-bond acceptors (Lipinski definition) is 3. The van der Waals surface area contributed by atoms with E-state index in [1.807, 2.05) is 6.07 Å². The fourth-order valence-corrected chi connectivity index (χ4v) is 1.33. The van der Waals surface area contributed by atoms with Crippen molar-refractivity contribution in [3.63, 3.8) is 0 Å². The lowest BCUT2D eigenvalue weighted by atomic mass is 10.2. The van der Waals surface area contributed by atoms with Gasteiger partial charge in [-0.1, -0.05) is 24.4 Å². The van der Waals surface area contributed by atoms with E-state index in [4.69, 9.17) is 22.7 Å². The molecule has 1 aromatic carbocycles. The Labute approximate surface area is 99.8 Å². The summed E-state index contributed by atoms with van der Waals surface area (Å²) in [5.41, 5.74) is 5.84. The first-order chi connectivity index (χ1) is 7.65. The van der Waals surface area contributed by atoms with Crippen LogP contribution in [0.1, 0.15) is 16.8 Å². The lowest BCUT2D eigenvalue weighted by Crippen LogP contribution is -2.27. The number of amides is 1. The summed E-state index contributed by atoms with van der Waals surface area (Å²) in [5.74, 6) is 0.365. The maximum atomic E-state index is 11.7. The first-order valence-electron chi connectivity index (χ1n) is 4.84. The van der Waals surface area contributed by atoms with Crippen molar-refractivity contribution in [3.8, 4) is 5.75 Å². The highest BCUT2D eigenvalue weighted by Crippen LogP contribution is 2.16. The van der Waals surface area contributed by atoms with E-state index in [2.05, 4.69) is 5.32 Å². The third kappa shape index (κ3) is 3.51. The van der Waals surface area contributed by atoms with Gasteiger partial charge >= 0.3 is 0 Å². The Morgan fingerprint density at radius 2 is 2.19 bits per heavy atom. The van der Waals surface area contributed by atoms with Crippen molar-refractivity contribution in [1.82, 2.24) is 5.32 Å². The smallest absolute Gasteiger partial charge is 0.255 e. The van der Waals surface area contributed by atoms with Gasteiger partial charge in [-0.2, -0.15) is 0 Å². The Hall–Kier alpha value is -1.62. The van der Waals surface area contributed by atoms with Crippen molar-refractivity contribution < 1.29 is 9.53 Å². The van der Waals surface area contributed by atoms with E-state index in [0.29, 0.717) is 29.3 Å². The predicted molar refractivity (Wildman–Crippen MR) is 66.7 cm³/mol. The largest absolute Gasteiger partial charge is 0.496 e. The van der Waals surface area contributed by atoms with Gasteiger partial charge in [0.1, 0.15) is 5.75 Å². The van der Waals surface area contributed by atoms with Gasteiger partial charge in [-0.15, -0.1) is 0 Å². The molecule has 0 bridgehead atoms. The zero-order chi connectivity index (χ0) is 12.0. The molecule has 0 saturated carbocycles. The van der Waals surface area contributed by atoms with Crippen molar-refractivity contribution in [3.05, 3.63) is 29.8 Å². The number of hydrogen-bond donors (Lipinski definition) is 2. The lowest BCUT2D eigenvalue weighted by molar-refractivity contribution is 0.0952. The Bertz CT molecular complexity index is 393. The second-order valence-corrected chi connectivity index (χ2v) is 3.70. The minimum atomic E-state index is -0.186. The van der Waals surface area contributed by atoms with Gasteiger partial charge in [-0.05, 0) is 12.1 Å². The number of ether oxygens (including phenoxy) is 1. The second-order valence-electron chi connectivity index (χ2n) is 3.17. The van der Waals surface area contributed by atoms with Gasteiger partial charge in [-0.3, -0.25) is 4.79 Å². The molecule has 1 rings (SSSR count). The van der Waals surface area contributed by atoms with E-state index >= 15 is 0 Å². The third-order valence-electron chi connectivity index (χ3n) is 2.01. The highest BCUT2D eigenvalue weighted by molar-refractivity contribution is 7.80. The van der Waals surface area contributed by atoms with Crippen molar-refractivity contribution in [2.24, 2.45) is 5.73 Å². The Morgan fingerprint density at radius 3 is 2.81 bits per heavy atom. The zero-order valence-electron chi connectivity index (χ0n) is 9.03. The number of methoxy groups -OCH3 is 1. The molecular weight excluding hydrogens is 224 g/mol. The van der Waals surface area contributed by atoms with Crippen molar-refractivity contribution in [2.45, 2.75) is 6.42 Å². The summed E-state index contributed by atoms with van der Waals surface area (Å²) in [6.45, 7) is 0.437. The minimum Gasteiger partial charge on any atom is -0.496 e. The van der Waals surface area contributed by atoms with Crippen LogP contribution in [0.4, 0.5) is 0 Å². The summed E-state index contributed by atoms with van der Waals surface area (Å²) < 4.78 is 5.08. The minimum absolute atomic E-state index is 0.186. The van der Waals surface area contributed by atoms with E-state index in [9.17, 15) is 4.79 Å². The summed E-state index contributed by atoms with van der Waals surface area (Å²) in [5, 5.41) is 2.72. The number of benzene rings is 1. The standard InChI is InChI=1S/C11H14N2O2S/c1-15-9-5-3-2-4-8(9)11(14)13-7-6-10(12)16/h2-5H,6-7H2,1H3,(H2,12,16)(H,13,14). The van der Waals surface area contributed by atoms with Crippen LogP contribution < -0.4 is 15.8 Å². The molecular formula is C11H14N2O2S. The van der Waals surface area contributed by atoms with E-state index in [0.717, 1.165) is 0 Å². The molecule has 0 radical (unpaired) electrons. The molecule has 0 aliphatic rings. The molecule has 16 heavy (non-hydrogen) atoms. The molecule has 0 spiro atoms. The monoisotopic (exact) mass is 238 g/mol. The van der Waals surface area contributed by atoms with Crippen LogP contribution in [0, 0.1) is 0 Å². The number of thiocarbonyl (C=S) groups is 1. The normalized spacial score (nSPS) is 9.56. The van der Waals surface area contributed by atoms with E-state index in [-0.39, 0.29) is 5.91 Å². The molecule has 0 aliphatic carbocycles. The quantitative estimate of drug-likeness (QED) is 0.754. The Morgan fingerprint density at radius 1 is 1.50 bits per heavy atom. The molecule has 1 aromatic rings. The van der Waals surface area contributed by atoms with Crippen molar-refractivity contribution >= 4 is 23.1 Å². The summed E-state index contributed by atoms with van der Waals surface area (Å²) in [6.07, 6.45) is 0.496. The summed E-state index contributed by atoms with van der Waals surface area (Å²) in [6, 6.07) is 7.03. The van der Waals surface area contributed by atoms with Gasteiger partial charge in [-0.25, -0.2) is 0 Å². The van der Waals surface area contributed by atoms with E-state index in [1.165, 1.54) is 7.11 Å². The van der Waals surface area contributed by atoms with E-state index < -0.39 is 0 Å². The molecule has 0 heterocycles. The van der Waals surface area contributed by atoms with Crippen molar-refractivity contribution in [2.75, 3.05) is 13.7 Å². The number of nitrogens with one attached hydrogen (secondary N) is 1.